The highest BCUT2D eigenvalue weighted by atomic mass is 16.3. The van der Waals surface area contributed by atoms with E-state index in [1.54, 1.807) is 12.1 Å². The van der Waals surface area contributed by atoms with Crippen molar-refractivity contribution in [3.63, 3.8) is 0 Å². The van der Waals surface area contributed by atoms with Crippen molar-refractivity contribution < 1.29 is 19.8 Å². The van der Waals surface area contributed by atoms with Gasteiger partial charge in [-0.05, 0) is 37.3 Å². The third-order valence-corrected chi connectivity index (χ3v) is 5.29. The first-order chi connectivity index (χ1) is 13.1. The summed E-state index contributed by atoms with van der Waals surface area (Å²) >= 11 is 0. The number of hydrogen-bond donors (Lipinski definition) is 3. The number of hydrogen-bond acceptors (Lipinski definition) is 6. The molecule has 2 amide bonds. The molecule has 2 aliphatic heterocycles. The minimum absolute atomic E-state index is 0.0276. The van der Waals surface area contributed by atoms with Gasteiger partial charge in [0.1, 0.15) is 5.82 Å². The van der Waals surface area contributed by atoms with E-state index in [0.29, 0.717) is 36.8 Å². The van der Waals surface area contributed by atoms with Crippen LogP contribution in [0, 0.1) is 5.92 Å². The van der Waals surface area contributed by atoms with Gasteiger partial charge in [-0.25, -0.2) is 4.98 Å². The Bertz CT molecular complexity index is 644. The SMILES string of the molecule is O=C1CCCN1CC1CCN(C(=O)c2ccc(NCC(O)CO)nc2)CC1. The monoisotopic (exact) mass is 376 g/mol. The molecule has 0 aromatic carbocycles. The molecule has 0 aliphatic carbocycles. The number of nitrogens with one attached hydrogen (secondary N) is 1. The lowest BCUT2D eigenvalue weighted by Gasteiger charge is -2.34. The maximum atomic E-state index is 12.7. The number of aliphatic hydroxyl groups excluding tert-OH is 2. The molecule has 1 aromatic heterocycles. The first-order valence-corrected chi connectivity index (χ1v) is 9.62. The maximum Gasteiger partial charge on any atom is 0.255 e. The molecular formula is C19H28N4O4. The molecule has 8 nitrogen and oxygen atoms in total. The second kappa shape index (κ2) is 9.14. The molecule has 3 rings (SSSR count). The van der Waals surface area contributed by atoms with Crippen LogP contribution in [-0.2, 0) is 4.79 Å². The lowest BCUT2D eigenvalue weighted by molar-refractivity contribution is -0.128. The van der Waals surface area contributed by atoms with E-state index in [0.717, 1.165) is 32.4 Å². The van der Waals surface area contributed by atoms with E-state index in [2.05, 4.69) is 10.3 Å². The first-order valence-electron chi connectivity index (χ1n) is 9.62. The van der Waals surface area contributed by atoms with Crippen molar-refractivity contribution in [2.75, 3.05) is 44.6 Å². The molecule has 0 bridgehead atoms. The highest BCUT2D eigenvalue weighted by molar-refractivity contribution is 5.94. The highest BCUT2D eigenvalue weighted by Crippen LogP contribution is 2.22. The lowest BCUT2D eigenvalue weighted by Crippen LogP contribution is -2.41. The Kier molecular flexibility index (Phi) is 6.63. The largest absolute Gasteiger partial charge is 0.394 e. The third-order valence-electron chi connectivity index (χ3n) is 5.29. The number of anilines is 1. The Hall–Kier alpha value is -2.19. The first kappa shape index (κ1) is 19.6. The molecule has 0 saturated carbocycles. The van der Waals surface area contributed by atoms with E-state index in [4.69, 9.17) is 5.11 Å². The van der Waals surface area contributed by atoms with Crippen LogP contribution < -0.4 is 5.32 Å². The summed E-state index contributed by atoms with van der Waals surface area (Å²) in [5.41, 5.74) is 0.538. The Morgan fingerprint density at radius 1 is 1.30 bits per heavy atom. The zero-order valence-corrected chi connectivity index (χ0v) is 15.5. The summed E-state index contributed by atoms with van der Waals surface area (Å²) in [4.78, 5) is 32.4. The molecule has 148 valence electrons. The standard InChI is InChI=1S/C19H28N4O4/c24-13-16(25)11-21-17-4-3-15(10-20-17)19(27)22-8-5-14(6-9-22)12-23-7-1-2-18(23)26/h3-4,10,14,16,24-25H,1-2,5-9,11-13H2,(H,20,21). The number of amides is 2. The Morgan fingerprint density at radius 2 is 2.07 bits per heavy atom. The van der Waals surface area contributed by atoms with Gasteiger partial charge in [0.05, 0.1) is 18.3 Å². The molecule has 27 heavy (non-hydrogen) atoms. The maximum absolute atomic E-state index is 12.7. The Morgan fingerprint density at radius 3 is 2.67 bits per heavy atom. The second-order valence-electron chi connectivity index (χ2n) is 7.33. The molecule has 2 fully saturated rings. The summed E-state index contributed by atoms with van der Waals surface area (Å²) in [6.45, 7) is 2.99. The van der Waals surface area contributed by atoms with Gasteiger partial charge in [0.2, 0.25) is 5.91 Å². The van der Waals surface area contributed by atoms with E-state index in [1.165, 1.54) is 6.20 Å². The van der Waals surface area contributed by atoms with E-state index < -0.39 is 6.10 Å². The number of rotatable bonds is 7. The van der Waals surface area contributed by atoms with Crippen molar-refractivity contribution in [3.05, 3.63) is 23.9 Å². The van der Waals surface area contributed by atoms with Gasteiger partial charge in [0.15, 0.2) is 0 Å². The van der Waals surface area contributed by atoms with Gasteiger partial charge in [-0.2, -0.15) is 0 Å². The van der Waals surface area contributed by atoms with Crippen molar-refractivity contribution in [3.8, 4) is 0 Å². The van der Waals surface area contributed by atoms with Crippen LogP contribution in [0.15, 0.2) is 18.3 Å². The number of aliphatic hydroxyl groups is 2. The molecule has 2 saturated heterocycles. The number of piperidine rings is 1. The van der Waals surface area contributed by atoms with E-state index in [1.807, 2.05) is 9.80 Å². The molecule has 1 atom stereocenters. The number of nitrogens with zero attached hydrogens (tertiary/aromatic N) is 3. The van der Waals surface area contributed by atoms with Crippen LogP contribution in [0.3, 0.4) is 0 Å². The van der Waals surface area contributed by atoms with Gasteiger partial charge in [-0.15, -0.1) is 0 Å². The van der Waals surface area contributed by atoms with Crippen LogP contribution in [0.4, 0.5) is 5.82 Å². The Balaban J connectivity index is 1.46. The second-order valence-corrected chi connectivity index (χ2v) is 7.33. The van der Waals surface area contributed by atoms with Gasteiger partial charge in [-0.1, -0.05) is 0 Å². The van der Waals surface area contributed by atoms with Gasteiger partial charge in [-0.3, -0.25) is 9.59 Å². The topological polar surface area (TPSA) is 106 Å². The van der Waals surface area contributed by atoms with Crippen LogP contribution in [0.5, 0.6) is 0 Å². The van der Waals surface area contributed by atoms with Crippen LogP contribution in [0.2, 0.25) is 0 Å². The molecule has 3 heterocycles. The minimum Gasteiger partial charge on any atom is -0.394 e. The fourth-order valence-electron chi connectivity index (χ4n) is 3.62. The summed E-state index contributed by atoms with van der Waals surface area (Å²) < 4.78 is 0. The van der Waals surface area contributed by atoms with E-state index >= 15 is 0 Å². The fraction of sp³-hybridized carbons (Fsp3) is 0.632. The van der Waals surface area contributed by atoms with Crippen LogP contribution in [-0.4, -0.2) is 82.2 Å². The van der Waals surface area contributed by atoms with E-state index in [-0.39, 0.29) is 25.0 Å². The summed E-state index contributed by atoms with van der Waals surface area (Å²) in [6, 6.07) is 3.42. The molecule has 0 spiro atoms. The predicted molar refractivity (Wildman–Crippen MR) is 100 cm³/mol. The smallest absolute Gasteiger partial charge is 0.255 e. The average Bonchev–Trinajstić information content (AvgIpc) is 3.11. The summed E-state index contributed by atoms with van der Waals surface area (Å²) in [5, 5.41) is 21.0. The van der Waals surface area contributed by atoms with Crippen molar-refractivity contribution in [1.82, 2.24) is 14.8 Å². The Labute approximate surface area is 159 Å². The number of likely N-dealkylation sites (tertiary alicyclic amines) is 2. The summed E-state index contributed by atoms with van der Waals surface area (Å²) in [7, 11) is 0. The minimum atomic E-state index is -0.842. The van der Waals surface area contributed by atoms with Crippen molar-refractivity contribution in [2.24, 2.45) is 5.92 Å². The third kappa shape index (κ3) is 5.17. The molecule has 1 aromatic rings. The number of aromatic nitrogens is 1. The zero-order chi connectivity index (χ0) is 19.2. The molecule has 1 unspecified atom stereocenters. The zero-order valence-electron chi connectivity index (χ0n) is 15.5. The number of carbonyl (C=O) groups is 2. The summed E-state index contributed by atoms with van der Waals surface area (Å²) in [6.07, 6.45) is 4.17. The van der Waals surface area contributed by atoms with Gasteiger partial charge < -0.3 is 25.3 Å². The highest BCUT2D eigenvalue weighted by Gasteiger charge is 2.28. The van der Waals surface area contributed by atoms with Crippen LogP contribution >= 0.6 is 0 Å². The fourth-order valence-corrected chi connectivity index (χ4v) is 3.62. The quantitative estimate of drug-likeness (QED) is 0.633. The molecule has 0 radical (unpaired) electrons. The van der Waals surface area contributed by atoms with E-state index in [9.17, 15) is 14.7 Å². The van der Waals surface area contributed by atoms with Crippen molar-refractivity contribution >= 4 is 17.6 Å². The average molecular weight is 376 g/mol. The molecule has 8 heteroatoms. The van der Waals surface area contributed by atoms with Gasteiger partial charge in [0.25, 0.3) is 5.91 Å². The van der Waals surface area contributed by atoms with Crippen LogP contribution in [0.1, 0.15) is 36.0 Å². The molecular weight excluding hydrogens is 348 g/mol. The normalized spacial score (nSPS) is 19.4. The summed E-state index contributed by atoms with van der Waals surface area (Å²) in [5.74, 6) is 1.26. The van der Waals surface area contributed by atoms with Gasteiger partial charge >= 0.3 is 0 Å². The number of pyridine rings is 1. The predicted octanol–water partition coefficient (Wildman–Crippen LogP) is 0.321. The lowest BCUT2D eigenvalue weighted by atomic mass is 9.96. The van der Waals surface area contributed by atoms with Gasteiger partial charge in [0, 0.05) is 45.3 Å². The van der Waals surface area contributed by atoms with Crippen molar-refractivity contribution in [1.29, 1.82) is 0 Å². The van der Waals surface area contributed by atoms with Crippen LogP contribution in [0.25, 0.3) is 0 Å². The molecule has 2 aliphatic rings. The van der Waals surface area contributed by atoms with Crippen molar-refractivity contribution in [2.45, 2.75) is 31.8 Å². The molecule has 3 N–H and O–H groups in total. The number of carbonyl (C=O) groups excluding carboxylic acids is 2.